The van der Waals surface area contributed by atoms with Crippen LogP contribution in [0.25, 0.3) is 0 Å². The largest absolute Gasteiger partial charge is 0.508 e. The number of primary amides is 1. The number of nitrogens with one attached hydrogen (secondary N) is 3. The topological polar surface area (TPSA) is 271 Å². The summed E-state index contributed by atoms with van der Waals surface area (Å²) in [5, 5.41) is 43.7. The van der Waals surface area contributed by atoms with Gasteiger partial charge in [-0.05, 0) is 30.5 Å². The van der Waals surface area contributed by atoms with Gasteiger partial charge in [-0.15, -0.1) is 0 Å². The Morgan fingerprint density at radius 2 is 1.32 bits per heavy atom. The molecule has 15 nitrogen and oxygen atoms in total. The molecule has 0 bridgehead atoms. The van der Waals surface area contributed by atoms with Crippen molar-refractivity contribution in [2.75, 3.05) is 6.61 Å². The molecule has 11 N–H and O–H groups in total. The summed E-state index contributed by atoms with van der Waals surface area (Å²) in [6, 6.07) is -0.107. The Kier molecular flexibility index (Phi) is 12.5. The zero-order valence-corrected chi connectivity index (χ0v) is 19.8. The number of nitrogens with two attached hydrogens (primary N) is 2. The van der Waals surface area contributed by atoms with Gasteiger partial charge < -0.3 is 47.8 Å². The number of carboxylic acids is 2. The number of carbonyl (C=O) groups excluding carboxylic acids is 4. The molecule has 0 fully saturated rings. The van der Waals surface area contributed by atoms with Crippen LogP contribution in [0, 0.1) is 0 Å². The molecular formula is C22H31N5O10. The lowest BCUT2D eigenvalue weighted by atomic mass is 10.0. The first-order chi connectivity index (χ1) is 17.3. The van der Waals surface area contributed by atoms with E-state index in [0.717, 1.165) is 0 Å². The van der Waals surface area contributed by atoms with Gasteiger partial charge in [-0.1, -0.05) is 12.1 Å². The van der Waals surface area contributed by atoms with Gasteiger partial charge in [0.15, 0.2) is 0 Å². The molecule has 37 heavy (non-hydrogen) atoms. The molecular weight excluding hydrogens is 494 g/mol. The maximum atomic E-state index is 13.0. The van der Waals surface area contributed by atoms with Crippen molar-refractivity contribution in [3.8, 4) is 5.75 Å². The Morgan fingerprint density at radius 3 is 1.84 bits per heavy atom. The summed E-state index contributed by atoms with van der Waals surface area (Å²) in [6.07, 6.45) is -1.39. The minimum atomic E-state index is -1.64. The van der Waals surface area contributed by atoms with E-state index in [1.165, 1.54) is 24.3 Å². The van der Waals surface area contributed by atoms with Gasteiger partial charge in [0, 0.05) is 19.3 Å². The van der Waals surface area contributed by atoms with E-state index >= 15 is 0 Å². The molecule has 0 aliphatic carbocycles. The molecule has 0 saturated carbocycles. The Balaban J connectivity index is 3.00. The lowest BCUT2D eigenvalue weighted by Crippen LogP contribution is -2.58. The number of hydrogen-bond donors (Lipinski definition) is 9. The number of phenols is 1. The number of rotatable bonds is 16. The Hall–Kier alpha value is -4.24. The first-order valence-electron chi connectivity index (χ1n) is 11.1. The van der Waals surface area contributed by atoms with Crippen molar-refractivity contribution >= 4 is 35.6 Å². The van der Waals surface area contributed by atoms with Crippen LogP contribution in [0.3, 0.4) is 0 Å². The van der Waals surface area contributed by atoms with Gasteiger partial charge in [-0.25, -0.2) is 4.79 Å². The van der Waals surface area contributed by atoms with Crippen molar-refractivity contribution in [3.63, 3.8) is 0 Å². The highest BCUT2D eigenvalue weighted by atomic mass is 16.4. The predicted octanol–water partition coefficient (Wildman–Crippen LogP) is -3.08. The fourth-order valence-corrected chi connectivity index (χ4v) is 3.05. The number of amides is 4. The minimum absolute atomic E-state index is 0.0461. The number of aliphatic hydroxyl groups is 1. The molecule has 1 aromatic rings. The average Bonchev–Trinajstić information content (AvgIpc) is 2.83. The van der Waals surface area contributed by atoms with Gasteiger partial charge in [-0.2, -0.15) is 0 Å². The van der Waals surface area contributed by atoms with Gasteiger partial charge in [0.1, 0.15) is 23.9 Å². The van der Waals surface area contributed by atoms with Crippen LogP contribution >= 0.6 is 0 Å². The van der Waals surface area contributed by atoms with E-state index < -0.39 is 79.2 Å². The highest BCUT2D eigenvalue weighted by Gasteiger charge is 2.30. The van der Waals surface area contributed by atoms with Crippen molar-refractivity contribution in [1.82, 2.24) is 16.0 Å². The molecule has 0 aromatic heterocycles. The quantitative estimate of drug-likeness (QED) is 0.104. The standard InChI is InChI=1S/C22H31N5O10/c23-13(5-7-17(24)30)19(33)26-15(9-11-1-3-12(29)4-2-11)20(34)27-16(10-28)21(35)25-14(22(36)37)6-8-18(31)32/h1-4,13-16,28-29H,5-10,23H2,(H2,24,30)(H,25,35)(H,26,33)(H,27,34)(H,31,32)(H,36,37). The summed E-state index contributed by atoms with van der Waals surface area (Å²) in [4.78, 5) is 71.0. The molecule has 1 aromatic carbocycles. The second kappa shape index (κ2) is 15.0. The van der Waals surface area contributed by atoms with Crippen molar-refractivity contribution in [3.05, 3.63) is 29.8 Å². The van der Waals surface area contributed by atoms with Crippen LogP contribution in [0.15, 0.2) is 24.3 Å². The molecule has 1 rings (SSSR count). The second-order valence-electron chi connectivity index (χ2n) is 8.12. The third-order valence-electron chi connectivity index (χ3n) is 5.12. The lowest BCUT2D eigenvalue weighted by Gasteiger charge is -2.24. The number of phenolic OH excluding ortho intramolecular Hbond substituents is 1. The molecule has 0 radical (unpaired) electrons. The summed E-state index contributed by atoms with van der Waals surface area (Å²) >= 11 is 0. The molecule has 0 heterocycles. The van der Waals surface area contributed by atoms with E-state index in [-0.39, 0.29) is 25.0 Å². The van der Waals surface area contributed by atoms with Gasteiger partial charge >= 0.3 is 11.9 Å². The van der Waals surface area contributed by atoms with E-state index in [2.05, 4.69) is 16.0 Å². The molecule has 0 aliphatic rings. The second-order valence-corrected chi connectivity index (χ2v) is 8.12. The molecule has 4 amide bonds. The number of carbonyl (C=O) groups is 6. The molecule has 4 atom stereocenters. The number of aromatic hydroxyl groups is 1. The average molecular weight is 526 g/mol. The number of aliphatic hydroxyl groups excluding tert-OH is 1. The van der Waals surface area contributed by atoms with Gasteiger partial charge in [0.2, 0.25) is 23.6 Å². The van der Waals surface area contributed by atoms with E-state index in [9.17, 15) is 44.1 Å². The fraction of sp³-hybridized carbons (Fsp3) is 0.455. The van der Waals surface area contributed by atoms with Crippen LogP contribution in [0.4, 0.5) is 0 Å². The highest BCUT2D eigenvalue weighted by Crippen LogP contribution is 2.12. The predicted molar refractivity (Wildman–Crippen MR) is 126 cm³/mol. The summed E-state index contributed by atoms with van der Waals surface area (Å²) in [7, 11) is 0. The van der Waals surface area contributed by atoms with Crippen molar-refractivity contribution < 1.29 is 49.2 Å². The Labute approximate surface area is 211 Å². The number of aliphatic carboxylic acids is 2. The summed E-state index contributed by atoms with van der Waals surface area (Å²) in [5.74, 6) is -6.35. The van der Waals surface area contributed by atoms with Crippen LogP contribution in [-0.2, 0) is 35.2 Å². The first kappa shape index (κ1) is 30.8. The maximum absolute atomic E-state index is 13.0. The third-order valence-corrected chi connectivity index (χ3v) is 5.12. The molecule has 15 heteroatoms. The smallest absolute Gasteiger partial charge is 0.326 e. The SMILES string of the molecule is NC(=O)CCC(N)C(=O)NC(Cc1ccc(O)cc1)C(=O)NC(CO)C(=O)NC(CCC(=O)O)C(=O)O. The molecule has 204 valence electrons. The summed E-state index contributed by atoms with van der Waals surface area (Å²) < 4.78 is 0. The molecule has 0 aliphatic heterocycles. The van der Waals surface area contributed by atoms with E-state index in [0.29, 0.717) is 5.56 Å². The van der Waals surface area contributed by atoms with Crippen LogP contribution in [-0.4, -0.2) is 86.8 Å². The molecule has 0 spiro atoms. The van der Waals surface area contributed by atoms with Crippen LogP contribution < -0.4 is 27.4 Å². The zero-order chi connectivity index (χ0) is 28.1. The fourth-order valence-electron chi connectivity index (χ4n) is 3.05. The maximum Gasteiger partial charge on any atom is 0.326 e. The monoisotopic (exact) mass is 525 g/mol. The highest BCUT2D eigenvalue weighted by molar-refractivity contribution is 5.94. The zero-order valence-electron chi connectivity index (χ0n) is 19.8. The summed E-state index contributed by atoms with van der Waals surface area (Å²) in [6.45, 7) is -0.944. The molecule has 0 saturated heterocycles. The van der Waals surface area contributed by atoms with Gasteiger partial charge in [0.05, 0.1) is 12.6 Å². The van der Waals surface area contributed by atoms with Crippen molar-refractivity contribution in [2.45, 2.75) is 56.3 Å². The minimum Gasteiger partial charge on any atom is -0.508 e. The third kappa shape index (κ3) is 11.4. The number of hydrogen-bond acceptors (Lipinski definition) is 9. The van der Waals surface area contributed by atoms with Crippen LogP contribution in [0.5, 0.6) is 5.75 Å². The van der Waals surface area contributed by atoms with E-state index in [4.69, 9.17) is 16.6 Å². The Morgan fingerprint density at radius 1 is 0.784 bits per heavy atom. The molecule has 4 unspecified atom stereocenters. The van der Waals surface area contributed by atoms with Crippen LogP contribution in [0.1, 0.15) is 31.2 Å². The number of carboxylic acid groups (broad SMARTS) is 2. The van der Waals surface area contributed by atoms with Gasteiger partial charge in [-0.3, -0.25) is 24.0 Å². The van der Waals surface area contributed by atoms with E-state index in [1.54, 1.807) is 0 Å². The first-order valence-corrected chi connectivity index (χ1v) is 11.1. The summed E-state index contributed by atoms with van der Waals surface area (Å²) in [5.41, 5.74) is 11.3. The van der Waals surface area contributed by atoms with Crippen LogP contribution in [0.2, 0.25) is 0 Å². The normalized spacial score (nSPS) is 13.9. The number of benzene rings is 1. The Bertz CT molecular complexity index is 985. The van der Waals surface area contributed by atoms with Crippen molar-refractivity contribution in [2.24, 2.45) is 11.5 Å². The lowest BCUT2D eigenvalue weighted by molar-refractivity contribution is -0.143. The van der Waals surface area contributed by atoms with Gasteiger partial charge in [0.25, 0.3) is 0 Å². The van der Waals surface area contributed by atoms with Crippen molar-refractivity contribution in [1.29, 1.82) is 0 Å². The van der Waals surface area contributed by atoms with E-state index in [1.807, 2.05) is 0 Å².